The van der Waals surface area contributed by atoms with Gasteiger partial charge in [-0.25, -0.2) is 15.0 Å². The summed E-state index contributed by atoms with van der Waals surface area (Å²) < 4.78 is 0. The first-order valence-corrected chi connectivity index (χ1v) is 11.0. The Morgan fingerprint density at radius 1 is 0.886 bits per heavy atom. The number of nitrogens with one attached hydrogen (secondary N) is 3. The lowest BCUT2D eigenvalue weighted by Gasteiger charge is -2.06. The van der Waals surface area contributed by atoms with Crippen molar-refractivity contribution in [2.45, 2.75) is 13.3 Å². The van der Waals surface area contributed by atoms with Gasteiger partial charge < -0.3 is 10.3 Å². The molecule has 0 fully saturated rings. The van der Waals surface area contributed by atoms with Crippen molar-refractivity contribution in [2.75, 3.05) is 5.32 Å². The second-order valence-corrected chi connectivity index (χ2v) is 7.99. The number of aromatic nitrogens is 8. The standard InChI is InChI=1S/C25H19N9O/c1-2-22(35)30-17-5-15(7-26-10-17)14-3-4-20-18(6-14)24(34-33-20)25-31-21-12-27-11-19(23(21)32-25)16-8-28-13-29-9-16/h3-13H,2H2,1H3,(H,30,35)(H,31,32)(H,33,34). The maximum absolute atomic E-state index is 11.8. The van der Waals surface area contributed by atoms with E-state index in [1.54, 1.807) is 37.2 Å². The molecule has 0 bridgehead atoms. The van der Waals surface area contributed by atoms with Crippen LogP contribution in [0, 0.1) is 0 Å². The number of pyridine rings is 2. The quantitative estimate of drug-likeness (QED) is 0.346. The minimum atomic E-state index is -0.0580. The van der Waals surface area contributed by atoms with Gasteiger partial charge in [0, 0.05) is 53.3 Å². The van der Waals surface area contributed by atoms with Crippen molar-refractivity contribution in [3.05, 3.63) is 67.8 Å². The Bertz CT molecular complexity index is 1690. The van der Waals surface area contributed by atoms with Crippen LogP contribution >= 0.6 is 0 Å². The van der Waals surface area contributed by atoms with Gasteiger partial charge in [0.2, 0.25) is 5.91 Å². The molecule has 0 aliphatic carbocycles. The van der Waals surface area contributed by atoms with Crippen molar-refractivity contribution in [3.63, 3.8) is 0 Å². The van der Waals surface area contributed by atoms with E-state index in [9.17, 15) is 4.79 Å². The third-order valence-corrected chi connectivity index (χ3v) is 5.73. The molecule has 35 heavy (non-hydrogen) atoms. The van der Waals surface area contributed by atoms with E-state index < -0.39 is 0 Å². The third kappa shape index (κ3) is 3.76. The number of imidazole rings is 1. The zero-order valence-corrected chi connectivity index (χ0v) is 18.6. The molecule has 1 aromatic carbocycles. The summed E-state index contributed by atoms with van der Waals surface area (Å²) in [4.78, 5) is 36.8. The topological polar surface area (TPSA) is 138 Å². The number of rotatable bonds is 5. The summed E-state index contributed by atoms with van der Waals surface area (Å²) in [7, 11) is 0. The molecule has 6 rings (SSSR count). The number of anilines is 1. The molecule has 0 aliphatic rings. The first-order chi connectivity index (χ1) is 17.2. The van der Waals surface area contributed by atoms with Gasteiger partial charge in [-0.05, 0) is 23.8 Å². The Morgan fingerprint density at radius 3 is 2.57 bits per heavy atom. The largest absolute Gasteiger partial charge is 0.335 e. The zero-order chi connectivity index (χ0) is 23.8. The number of hydrogen-bond acceptors (Lipinski definition) is 7. The van der Waals surface area contributed by atoms with E-state index in [4.69, 9.17) is 4.98 Å². The van der Waals surface area contributed by atoms with Crippen molar-refractivity contribution in [1.82, 2.24) is 40.1 Å². The summed E-state index contributed by atoms with van der Waals surface area (Å²) >= 11 is 0. The summed E-state index contributed by atoms with van der Waals surface area (Å²) in [5, 5.41) is 11.4. The average Bonchev–Trinajstić information content (AvgIpc) is 3.53. The molecule has 0 radical (unpaired) electrons. The van der Waals surface area contributed by atoms with Gasteiger partial charge in [-0.1, -0.05) is 13.0 Å². The third-order valence-electron chi connectivity index (χ3n) is 5.73. The number of nitrogens with zero attached hydrogens (tertiary/aromatic N) is 6. The lowest BCUT2D eigenvalue weighted by atomic mass is 10.0. The fourth-order valence-electron chi connectivity index (χ4n) is 3.98. The Kier molecular flexibility index (Phi) is 4.95. The van der Waals surface area contributed by atoms with Gasteiger partial charge in [-0.15, -0.1) is 0 Å². The van der Waals surface area contributed by atoms with Crippen LogP contribution in [0.4, 0.5) is 5.69 Å². The molecule has 10 nitrogen and oxygen atoms in total. The lowest BCUT2D eigenvalue weighted by Crippen LogP contribution is -2.09. The first-order valence-electron chi connectivity index (χ1n) is 11.0. The smallest absolute Gasteiger partial charge is 0.224 e. The number of benzene rings is 1. The van der Waals surface area contributed by atoms with E-state index in [-0.39, 0.29) is 5.91 Å². The Balaban J connectivity index is 1.43. The molecule has 5 heterocycles. The van der Waals surface area contributed by atoms with E-state index in [0.29, 0.717) is 23.6 Å². The number of H-pyrrole nitrogens is 2. The molecule has 0 aliphatic heterocycles. The van der Waals surface area contributed by atoms with Crippen LogP contribution in [0.3, 0.4) is 0 Å². The maximum atomic E-state index is 11.8. The number of carbonyl (C=O) groups is 1. The van der Waals surface area contributed by atoms with E-state index in [2.05, 4.69) is 40.4 Å². The summed E-state index contributed by atoms with van der Waals surface area (Å²) in [6, 6.07) is 7.90. The number of amides is 1. The molecule has 1 amide bonds. The highest BCUT2D eigenvalue weighted by molar-refractivity contribution is 5.98. The van der Waals surface area contributed by atoms with Crippen molar-refractivity contribution in [3.8, 4) is 33.8 Å². The second-order valence-electron chi connectivity index (χ2n) is 7.99. The summed E-state index contributed by atoms with van der Waals surface area (Å²) in [6.07, 6.45) is 12.3. The van der Waals surface area contributed by atoms with Crippen molar-refractivity contribution in [2.24, 2.45) is 0 Å². The SMILES string of the molecule is CCC(=O)Nc1cncc(-c2ccc3[nH]nc(-c4nc5c(-c6cncnc6)cncc5[nH]4)c3c2)c1. The fourth-order valence-corrected chi connectivity index (χ4v) is 3.98. The molecule has 6 aromatic rings. The molecule has 0 saturated carbocycles. The normalized spacial score (nSPS) is 11.2. The number of hydrogen-bond donors (Lipinski definition) is 3. The van der Waals surface area contributed by atoms with Gasteiger partial charge in [0.25, 0.3) is 0 Å². The number of aromatic amines is 2. The van der Waals surface area contributed by atoms with Gasteiger partial charge in [0.05, 0.1) is 29.1 Å². The van der Waals surface area contributed by atoms with E-state index in [1.807, 2.05) is 31.2 Å². The molecule has 10 heteroatoms. The predicted molar refractivity (Wildman–Crippen MR) is 132 cm³/mol. The average molecular weight is 461 g/mol. The Morgan fingerprint density at radius 2 is 1.71 bits per heavy atom. The molecule has 0 unspecified atom stereocenters. The summed E-state index contributed by atoms with van der Waals surface area (Å²) in [6.45, 7) is 1.81. The zero-order valence-electron chi connectivity index (χ0n) is 18.6. The minimum Gasteiger partial charge on any atom is -0.335 e. The minimum absolute atomic E-state index is 0.0580. The summed E-state index contributed by atoms with van der Waals surface area (Å²) in [5.41, 5.74) is 7.28. The Hall–Kier alpha value is -4.99. The number of fused-ring (bicyclic) bond motifs is 2. The van der Waals surface area contributed by atoms with Gasteiger partial charge in [-0.2, -0.15) is 5.10 Å². The lowest BCUT2D eigenvalue weighted by molar-refractivity contribution is -0.115. The molecule has 170 valence electrons. The maximum Gasteiger partial charge on any atom is 0.224 e. The van der Waals surface area contributed by atoms with E-state index in [0.717, 1.165) is 44.2 Å². The predicted octanol–water partition coefficient (Wildman–Crippen LogP) is 4.37. The second kappa shape index (κ2) is 8.41. The van der Waals surface area contributed by atoms with Crippen LogP contribution in [-0.4, -0.2) is 46.0 Å². The van der Waals surface area contributed by atoms with Crippen LogP contribution in [0.1, 0.15) is 13.3 Å². The molecule has 5 aromatic heterocycles. The highest BCUT2D eigenvalue weighted by Crippen LogP contribution is 2.32. The first kappa shape index (κ1) is 20.6. The summed E-state index contributed by atoms with van der Waals surface area (Å²) in [5.74, 6) is 0.564. The monoisotopic (exact) mass is 461 g/mol. The van der Waals surface area contributed by atoms with Crippen LogP contribution in [0.15, 0.2) is 67.8 Å². The van der Waals surface area contributed by atoms with Gasteiger partial charge in [0.15, 0.2) is 5.82 Å². The molecule has 0 spiro atoms. The molecule has 0 saturated heterocycles. The van der Waals surface area contributed by atoms with Crippen molar-refractivity contribution >= 4 is 33.5 Å². The van der Waals surface area contributed by atoms with Crippen LogP contribution < -0.4 is 5.32 Å². The Labute approximate surface area is 198 Å². The molecule has 3 N–H and O–H groups in total. The molecular formula is C25H19N9O. The highest BCUT2D eigenvalue weighted by atomic mass is 16.1. The van der Waals surface area contributed by atoms with Crippen LogP contribution in [0.2, 0.25) is 0 Å². The highest BCUT2D eigenvalue weighted by Gasteiger charge is 2.16. The molecular weight excluding hydrogens is 442 g/mol. The van der Waals surface area contributed by atoms with Crippen LogP contribution in [0.25, 0.3) is 55.7 Å². The van der Waals surface area contributed by atoms with Crippen molar-refractivity contribution < 1.29 is 4.79 Å². The van der Waals surface area contributed by atoms with Crippen LogP contribution in [-0.2, 0) is 4.79 Å². The number of carbonyl (C=O) groups excluding carboxylic acids is 1. The van der Waals surface area contributed by atoms with E-state index >= 15 is 0 Å². The van der Waals surface area contributed by atoms with Crippen LogP contribution in [0.5, 0.6) is 0 Å². The fraction of sp³-hybridized carbons (Fsp3) is 0.0800. The molecule has 0 atom stereocenters. The van der Waals surface area contributed by atoms with E-state index in [1.165, 1.54) is 6.33 Å². The van der Waals surface area contributed by atoms with Gasteiger partial charge in [0.1, 0.15) is 17.5 Å². The van der Waals surface area contributed by atoms with Gasteiger partial charge in [-0.3, -0.25) is 19.9 Å². The van der Waals surface area contributed by atoms with Gasteiger partial charge >= 0.3 is 0 Å². The van der Waals surface area contributed by atoms with Crippen molar-refractivity contribution in [1.29, 1.82) is 0 Å².